The standard InChI is InChI=1S/C25H34B3F3O6S/c26-9-14-2-17(10-27)19(18(3-14)11-28)4-20(32)23-5-15-1-16(6-23)8-24(7-15,13-23)22(33)37-21(25(29,30)31)12-38(34,35)36/h2-3,15-16,21H,1,4-13,26-28H2,(H,34,35,36). The van der Waals surface area contributed by atoms with Gasteiger partial charge in [-0.15, -0.1) is 0 Å². The molecule has 38 heavy (non-hydrogen) atoms. The molecule has 6 nitrogen and oxygen atoms in total. The number of ether oxygens (including phenoxy) is 1. The van der Waals surface area contributed by atoms with E-state index >= 15 is 0 Å². The number of carbonyl (C=O) groups is 2. The highest BCUT2D eigenvalue weighted by molar-refractivity contribution is 7.85. The summed E-state index contributed by atoms with van der Waals surface area (Å²) in [6.07, 6.45) is -2.59. The lowest BCUT2D eigenvalue weighted by Gasteiger charge is -2.60. The van der Waals surface area contributed by atoms with Gasteiger partial charge in [0.15, 0.2) is 0 Å². The van der Waals surface area contributed by atoms with Gasteiger partial charge in [-0.1, -0.05) is 47.8 Å². The van der Waals surface area contributed by atoms with Crippen LogP contribution in [-0.2, 0) is 49.8 Å². The van der Waals surface area contributed by atoms with E-state index in [9.17, 15) is 31.2 Å². The molecular weight excluding hydrogens is 518 g/mol. The Labute approximate surface area is 224 Å². The number of Topliss-reactive ketones (excluding diaryl/α,β-unsaturated/α-hetero) is 1. The van der Waals surface area contributed by atoms with Crippen molar-refractivity contribution < 1.29 is 40.5 Å². The van der Waals surface area contributed by atoms with Crippen molar-refractivity contribution in [2.75, 3.05) is 5.75 Å². The molecule has 3 atom stereocenters. The Bertz CT molecular complexity index is 1180. The fraction of sp³-hybridized carbons (Fsp3) is 0.680. The molecule has 4 aliphatic rings. The van der Waals surface area contributed by atoms with Crippen LogP contribution in [0.4, 0.5) is 13.2 Å². The summed E-state index contributed by atoms with van der Waals surface area (Å²) in [5.41, 5.74) is 2.44. The molecule has 3 unspecified atom stereocenters. The third-order valence-corrected chi connectivity index (χ3v) is 9.79. The van der Waals surface area contributed by atoms with Crippen LogP contribution in [0.1, 0.15) is 60.8 Å². The molecule has 4 fully saturated rings. The molecule has 0 aromatic heterocycles. The molecule has 0 aliphatic heterocycles. The van der Waals surface area contributed by atoms with Crippen LogP contribution in [0, 0.1) is 22.7 Å². The van der Waals surface area contributed by atoms with Crippen molar-refractivity contribution in [1.29, 1.82) is 0 Å². The highest BCUT2D eigenvalue weighted by atomic mass is 32.2. The van der Waals surface area contributed by atoms with Crippen molar-refractivity contribution in [3.05, 3.63) is 34.4 Å². The van der Waals surface area contributed by atoms with Gasteiger partial charge in [0.25, 0.3) is 10.1 Å². The maximum Gasteiger partial charge on any atom is 0.426 e. The van der Waals surface area contributed by atoms with Gasteiger partial charge in [-0.05, 0) is 55.9 Å². The average molecular weight is 552 g/mol. The Kier molecular flexibility index (Phi) is 7.96. The summed E-state index contributed by atoms with van der Waals surface area (Å²) >= 11 is 0. The van der Waals surface area contributed by atoms with Gasteiger partial charge in [-0.25, -0.2) is 0 Å². The summed E-state index contributed by atoms with van der Waals surface area (Å²) in [5, 5.41) is 0. The molecule has 0 saturated heterocycles. The second kappa shape index (κ2) is 10.3. The largest absolute Gasteiger partial charge is 0.451 e. The van der Waals surface area contributed by atoms with Crippen molar-refractivity contribution in [3.63, 3.8) is 0 Å². The number of rotatable bonds is 10. The van der Waals surface area contributed by atoms with Crippen LogP contribution in [-0.4, -0.2) is 66.3 Å². The van der Waals surface area contributed by atoms with E-state index in [0.29, 0.717) is 25.7 Å². The number of hydrogen-bond acceptors (Lipinski definition) is 5. The first-order chi connectivity index (χ1) is 17.6. The van der Waals surface area contributed by atoms with Gasteiger partial charge in [0.05, 0.1) is 5.41 Å². The predicted octanol–water partition coefficient (Wildman–Crippen LogP) is 1.15. The zero-order valence-electron chi connectivity index (χ0n) is 22.2. The van der Waals surface area contributed by atoms with Crippen LogP contribution in [0.15, 0.2) is 12.1 Å². The third kappa shape index (κ3) is 5.74. The summed E-state index contributed by atoms with van der Waals surface area (Å²) in [4.78, 5) is 27.4. The molecule has 4 bridgehead atoms. The normalized spacial score (nSPS) is 29.3. The van der Waals surface area contributed by atoms with Gasteiger partial charge < -0.3 is 4.74 Å². The maximum atomic E-state index is 14.0. The molecule has 0 amide bonds. The Hall–Kier alpha value is -1.75. The second-order valence-electron chi connectivity index (χ2n) is 11.8. The minimum absolute atomic E-state index is 0.0254. The smallest absolute Gasteiger partial charge is 0.426 e. The minimum Gasteiger partial charge on any atom is -0.451 e. The summed E-state index contributed by atoms with van der Waals surface area (Å²) in [5.74, 6) is -2.77. The molecule has 1 aromatic rings. The van der Waals surface area contributed by atoms with Crippen LogP contribution in [0.25, 0.3) is 0 Å². The summed E-state index contributed by atoms with van der Waals surface area (Å²) in [6.45, 7) is 0. The highest BCUT2D eigenvalue weighted by Crippen LogP contribution is 2.66. The first kappa shape index (κ1) is 29.2. The number of alkyl halides is 3. The van der Waals surface area contributed by atoms with Gasteiger partial charge in [0.1, 0.15) is 35.1 Å². The van der Waals surface area contributed by atoms with Crippen LogP contribution < -0.4 is 0 Å². The van der Waals surface area contributed by atoms with Crippen molar-refractivity contribution in [1.82, 2.24) is 0 Å². The SMILES string of the molecule is BCc1cc(CB)c(CC(=O)C23CC4CC(C2)CC(C(=O)OC(CS(=O)(=O)O)C(F)(F)F)(C4)C3)c(CB)c1. The molecule has 1 N–H and O–H groups in total. The van der Waals surface area contributed by atoms with E-state index in [1.54, 1.807) is 0 Å². The topological polar surface area (TPSA) is 97.7 Å². The number of esters is 1. The lowest BCUT2D eigenvalue weighted by Crippen LogP contribution is -2.59. The first-order valence-electron chi connectivity index (χ1n) is 13.5. The molecule has 5 rings (SSSR count). The van der Waals surface area contributed by atoms with Crippen LogP contribution in [0.3, 0.4) is 0 Å². The second-order valence-corrected chi connectivity index (χ2v) is 13.3. The van der Waals surface area contributed by atoms with E-state index in [0.717, 1.165) is 42.1 Å². The lowest BCUT2D eigenvalue weighted by molar-refractivity contribution is -0.229. The van der Waals surface area contributed by atoms with Gasteiger partial charge in [-0.2, -0.15) is 21.6 Å². The molecule has 0 spiro atoms. The molecule has 0 heterocycles. The third-order valence-electron chi connectivity index (χ3n) is 9.06. The van der Waals surface area contributed by atoms with Crippen molar-refractivity contribution >= 4 is 45.4 Å². The zero-order chi connectivity index (χ0) is 28.1. The molecule has 4 aliphatic carbocycles. The van der Waals surface area contributed by atoms with E-state index in [4.69, 9.17) is 9.29 Å². The fourth-order valence-electron chi connectivity index (χ4n) is 7.75. The van der Waals surface area contributed by atoms with Crippen molar-refractivity contribution in [2.24, 2.45) is 22.7 Å². The molecule has 4 saturated carbocycles. The van der Waals surface area contributed by atoms with Crippen molar-refractivity contribution in [2.45, 2.75) is 76.2 Å². The predicted molar refractivity (Wildman–Crippen MR) is 144 cm³/mol. The molecule has 206 valence electrons. The number of hydrogen-bond donors (Lipinski definition) is 1. The molecule has 1 aromatic carbocycles. The van der Waals surface area contributed by atoms with E-state index in [-0.39, 0.29) is 30.5 Å². The van der Waals surface area contributed by atoms with E-state index < -0.39 is 45.0 Å². The van der Waals surface area contributed by atoms with E-state index in [1.165, 1.54) is 5.56 Å². The fourth-order valence-corrected chi connectivity index (χ4v) is 8.39. The van der Waals surface area contributed by atoms with Crippen LogP contribution >= 0.6 is 0 Å². The zero-order valence-corrected chi connectivity index (χ0v) is 23.0. The lowest BCUT2D eigenvalue weighted by atomic mass is 9.43. The van der Waals surface area contributed by atoms with Gasteiger partial charge in [0.2, 0.25) is 6.10 Å². The van der Waals surface area contributed by atoms with Crippen LogP contribution in [0.2, 0.25) is 0 Å². The van der Waals surface area contributed by atoms with Gasteiger partial charge in [-0.3, -0.25) is 14.1 Å². The van der Waals surface area contributed by atoms with Crippen LogP contribution in [0.5, 0.6) is 0 Å². The Morgan fingerprint density at radius 3 is 1.97 bits per heavy atom. The highest BCUT2D eigenvalue weighted by Gasteiger charge is 2.64. The molecular formula is C25H34B3F3O6S. The summed E-state index contributed by atoms with van der Waals surface area (Å²) < 4.78 is 76.8. The summed E-state index contributed by atoms with van der Waals surface area (Å²) in [6, 6.07) is 4.29. The minimum atomic E-state index is -5.15. The quantitative estimate of drug-likeness (QED) is 0.266. The van der Waals surface area contributed by atoms with E-state index in [2.05, 4.69) is 35.7 Å². The Morgan fingerprint density at radius 1 is 1.00 bits per heavy atom. The molecule has 0 radical (unpaired) electrons. The Balaban J connectivity index is 1.62. The van der Waals surface area contributed by atoms with Crippen molar-refractivity contribution in [3.8, 4) is 0 Å². The maximum absolute atomic E-state index is 14.0. The number of carbonyl (C=O) groups excluding carboxylic acids is 2. The first-order valence-corrected chi connectivity index (χ1v) is 15.1. The number of ketones is 1. The number of halogens is 3. The average Bonchev–Trinajstić information content (AvgIpc) is 2.81. The summed E-state index contributed by atoms with van der Waals surface area (Å²) in [7, 11) is 1.17. The van der Waals surface area contributed by atoms with E-state index in [1.807, 2.05) is 0 Å². The monoisotopic (exact) mass is 552 g/mol. The van der Waals surface area contributed by atoms with Gasteiger partial charge in [0, 0.05) is 11.8 Å². The number of benzene rings is 1. The van der Waals surface area contributed by atoms with Gasteiger partial charge >= 0.3 is 12.1 Å². The molecule has 13 heteroatoms. The Morgan fingerprint density at radius 2 is 1.53 bits per heavy atom.